The van der Waals surface area contributed by atoms with E-state index >= 15 is 4.39 Å². The van der Waals surface area contributed by atoms with Crippen LogP contribution in [0, 0.1) is 11.7 Å². The summed E-state index contributed by atoms with van der Waals surface area (Å²) in [6.07, 6.45) is 8.23. The maximum absolute atomic E-state index is 16.1. The molecule has 0 bridgehead atoms. The molecule has 2 N–H and O–H groups in total. The van der Waals surface area contributed by atoms with E-state index in [9.17, 15) is 0 Å². The van der Waals surface area contributed by atoms with E-state index in [1.54, 1.807) is 29.9 Å². The van der Waals surface area contributed by atoms with Gasteiger partial charge in [-0.25, -0.2) is 14.4 Å². The number of hydrogen-bond acceptors (Lipinski definition) is 7. The van der Waals surface area contributed by atoms with Crippen molar-refractivity contribution in [2.45, 2.75) is 32.4 Å². The number of H-pyrrole nitrogens is 1. The van der Waals surface area contributed by atoms with Gasteiger partial charge in [-0.2, -0.15) is 0 Å². The highest BCUT2D eigenvalue weighted by molar-refractivity contribution is 7.13. The van der Waals surface area contributed by atoms with E-state index in [0.29, 0.717) is 39.9 Å². The van der Waals surface area contributed by atoms with Crippen LogP contribution in [0.15, 0.2) is 54.4 Å². The lowest BCUT2D eigenvalue weighted by molar-refractivity contribution is 0.320. The van der Waals surface area contributed by atoms with Crippen LogP contribution in [0.3, 0.4) is 0 Å². The summed E-state index contributed by atoms with van der Waals surface area (Å²) in [6.45, 7) is 7.20. The highest BCUT2D eigenvalue weighted by Gasteiger charge is 2.46. The Bertz CT molecular complexity index is 1630. The number of fused-ring (bicyclic) bond motifs is 2. The van der Waals surface area contributed by atoms with E-state index in [4.69, 9.17) is 4.98 Å². The Kier molecular flexibility index (Phi) is 5.12. The molecule has 0 aromatic carbocycles. The quantitative estimate of drug-likeness (QED) is 0.310. The fraction of sp³-hybridized carbons (Fsp3) is 0.286. The second kappa shape index (κ2) is 8.43. The van der Waals surface area contributed by atoms with Crippen molar-refractivity contribution >= 4 is 28.2 Å². The number of anilines is 1. The first-order valence-corrected chi connectivity index (χ1v) is 13.4. The number of aromatic amines is 1. The molecule has 7 nitrogen and oxygen atoms in total. The SMILES string of the molecule is CC1CCN(Cc2cncc(-c3ncc4c(c3F)C(C)(c3nc5nccc(-c6cccs6)c5[nH]3)N4)c2)C1. The Morgan fingerprint density at radius 2 is 2.14 bits per heavy atom. The van der Waals surface area contributed by atoms with E-state index in [0.717, 1.165) is 41.2 Å². The minimum absolute atomic E-state index is 0.309. The van der Waals surface area contributed by atoms with Gasteiger partial charge in [0.15, 0.2) is 11.5 Å². The lowest BCUT2D eigenvalue weighted by Crippen LogP contribution is -2.44. The molecule has 1 saturated heterocycles. The third-order valence-corrected chi connectivity index (χ3v) is 8.44. The van der Waals surface area contributed by atoms with Gasteiger partial charge in [0.05, 0.1) is 17.4 Å². The number of pyridine rings is 3. The summed E-state index contributed by atoms with van der Waals surface area (Å²) in [5.41, 5.74) is 4.95. The number of halogens is 1. The molecule has 0 amide bonds. The number of rotatable bonds is 5. The van der Waals surface area contributed by atoms with Crippen LogP contribution in [0.5, 0.6) is 0 Å². The highest BCUT2D eigenvalue weighted by Crippen LogP contribution is 2.48. The molecule has 2 aliphatic heterocycles. The topological polar surface area (TPSA) is 82.6 Å². The molecular formula is C28H26FN7S. The van der Waals surface area contributed by atoms with Crippen LogP contribution in [-0.2, 0) is 12.1 Å². The van der Waals surface area contributed by atoms with Crippen molar-refractivity contribution in [2.75, 3.05) is 18.4 Å². The minimum Gasteiger partial charge on any atom is -0.367 e. The van der Waals surface area contributed by atoms with Crippen LogP contribution >= 0.6 is 11.3 Å². The molecule has 0 radical (unpaired) electrons. The molecule has 2 unspecified atom stereocenters. The van der Waals surface area contributed by atoms with Gasteiger partial charge in [0.1, 0.15) is 17.1 Å². The number of hydrogen-bond donors (Lipinski definition) is 2. The van der Waals surface area contributed by atoms with Crippen molar-refractivity contribution in [1.29, 1.82) is 0 Å². The Hall–Kier alpha value is -3.69. The fourth-order valence-electron chi connectivity index (χ4n) is 5.64. The molecule has 186 valence electrons. The first-order chi connectivity index (χ1) is 18.0. The van der Waals surface area contributed by atoms with Gasteiger partial charge in [0.2, 0.25) is 0 Å². The lowest BCUT2D eigenvalue weighted by Gasteiger charge is -2.41. The van der Waals surface area contributed by atoms with Gasteiger partial charge >= 0.3 is 0 Å². The summed E-state index contributed by atoms with van der Waals surface area (Å²) in [4.78, 5) is 25.1. The Morgan fingerprint density at radius 3 is 2.95 bits per heavy atom. The van der Waals surface area contributed by atoms with Crippen LogP contribution in [-0.4, -0.2) is 42.9 Å². The average molecular weight is 512 g/mol. The summed E-state index contributed by atoms with van der Waals surface area (Å²) in [6, 6.07) is 8.08. The van der Waals surface area contributed by atoms with Crippen molar-refractivity contribution in [3.8, 4) is 21.7 Å². The van der Waals surface area contributed by atoms with Crippen LogP contribution in [0.4, 0.5) is 10.1 Å². The third-order valence-electron chi connectivity index (χ3n) is 7.54. The molecule has 2 aliphatic rings. The number of likely N-dealkylation sites (tertiary alicyclic amines) is 1. The molecule has 2 atom stereocenters. The Labute approximate surface area is 217 Å². The van der Waals surface area contributed by atoms with Crippen molar-refractivity contribution in [1.82, 2.24) is 29.8 Å². The van der Waals surface area contributed by atoms with E-state index in [1.807, 2.05) is 36.7 Å². The van der Waals surface area contributed by atoms with Crippen LogP contribution in [0.1, 0.15) is 37.2 Å². The average Bonchev–Trinajstić information content (AvgIpc) is 3.64. The summed E-state index contributed by atoms with van der Waals surface area (Å²) < 4.78 is 16.1. The van der Waals surface area contributed by atoms with Crippen LogP contribution in [0.2, 0.25) is 0 Å². The number of nitrogens with one attached hydrogen (secondary N) is 2. The largest absolute Gasteiger partial charge is 0.367 e. The van der Waals surface area contributed by atoms with Crippen LogP contribution < -0.4 is 5.32 Å². The molecule has 37 heavy (non-hydrogen) atoms. The summed E-state index contributed by atoms with van der Waals surface area (Å²) in [5.74, 6) is 0.986. The number of nitrogens with zero attached hydrogens (tertiary/aromatic N) is 5. The van der Waals surface area contributed by atoms with E-state index in [-0.39, 0.29) is 5.82 Å². The van der Waals surface area contributed by atoms with Gasteiger partial charge < -0.3 is 10.3 Å². The molecule has 7 rings (SSSR count). The second-order valence-corrected chi connectivity index (χ2v) is 11.2. The third kappa shape index (κ3) is 3.64. The summed E-state index contributed by atoms with van der Waals surface area (Å²) >= 11 is 1.66. The van der Waals surface area contributed by atoms with E-state index in [2.05, 4.69) is 43.1 Å². The molecular weight excluding hydrogens is 485 g/mol. The Morgan fingerprint density at radius 1 is 1.22 bits per heavy atom. The zero-order valence-corrected chi connectivity index (χ0v) is 21.4. The van der Waals surface area contributed by atoms with E-state index in [1.165, 1.54) is 6.42 Å². The lowest BCUT2D eigenvalue weighted by atomic mass is 9.81. The molecule has 9 heteroatoms. The first-order valence-electron chi connectivity index (χ1n) is 12.5. The summed E-state index contributed by atoms with van der Waals surface area (Å²) in [5, 5.41) is 5.42. The van der Waals surface area contributed by atoms with Crippen LogP contribution in [0.25, 0.3) is 32.9 Å². The second-order valence-electron chi connectivity index (χ2n) is 10.3. The number of thiophene rings is 1. The first kappa shape index (κ1) is 22.5. The van der Waals surface area contributed by atoms with Gasteiger partial charge in [-0.1, -0.05) is 13.0 Å². The zero-order valence-electron chi connectivity index (χ0n) is 20.6. The van der Waals surface area contributed by atoms with Gasteiger partial charge in [-0.3, -0.25) is 14.9 Å². The highest BCUT2D eigenvalue weighted by atomic mass is 32.1. The molecule has 0 spiro atoms. The molecule has 1 fully saturated rings. The summed E-state index contributed by atoms with van der Waals surface area (Å²) in [7, 11) is 0. The van der Waals surface area contributed by atoms with Crippen molar-refractivity contribution < 1.29 is 4.39 Å². The van der Waals surface area contributed by atoms with Crippen molar-refractivity contribution in [3.05, 3.63) is 77.2 Å². The maximum atomic E-state index is 16.1. The molecule has 0 saturated carbocycles. The molecule has 0 aliphatic carbocycles. The monoisotopic (exact) mass is 511 g/mol. The fourth-order valence-corrected chi connectivity index (χ4v) is 6.39. The normalized spacial score (nSPS) is 21.1. The molecule has 5 aromatic rings. The van der Waals surface area contributed by atoms with Gasteiger partial charge in [0.25, 0.3) is 0 Å². The predicted molar refractivity (Wildman–Crippen MR) is 144 cm³/mol. The Balaban J connectivity index is 1.25. The zero-order chi connectivity index (χ0) is 25.1. The van der Waals surface area contributed by atoms with Gasteiger partial charge in [0, 0.05) is 53.2 Å². The van der Waals surface area contributed by atoms with Gasteiger partial charge in [-0.05, 0) is 54.9 Å². The van der Waals surface area contributed by atoms with Crippen molar-refractivity contribution in [2.24, 2.45) is 5.92 Å². The van der Waals surface area contributed by atoms with Crippen molar-refractivity contribution in [3.63, 3.8) is 0 Å². The smallest absolute Gasteiger partial charge is 0.178 e. The molecule has 5 aromatic heterocycles. The predicted octanol–water partition coefficient (Wildman–Crippen LogP) is 5.81. The van der Waals surface area contributed by atoms with Gasteiger partial charge in [-0.15, -0.1) is 11.3 Å². The number of imidazole rings is 1. The maximum Gasteiger partial charge on any atom is 0.178 e. The van der Waals surface area contributed by atoms with E-state index < -0.39 is 5.54 Å². The molecule has 7 heterocycles. The standard InChI is InChI=1S/C28H26FN7S/c1-16-6-8-36(14-16)15-17-10-18(12-30-11-17)24-23(29)22-20(13-32-24)35-28(22,2)27-33-25-19(21-4-3-9-37-21)5-7-31-26(25)34-27/h3-5,7,9-13,16,35H,6,8,14-15H2,1-2H3,(H,31,33,34). The minimum atomic E-state index is -0.832. The number of aromatic nitrogens is 5.